The summed E-state index contributed by atoms with van der Waals surface area (Å²) in [5, 5.41) is 13.5. The number of hydrogen-bond acceptors (Lipinski definition) is 11. The molecule has 17 heteroatoms. The van der Waals surface area contributed by atoms with Gasteiger partial charge in [-0.25, -0.2) is 0 Å². The molecule has 17 N–H and O–H groups in total. The lowest BCUT2D eigenvalue weighted by molar-refractivity contribution is -0.135. The van der Waals surface area contributed by atoms with Crippen molar-refractivity contribution in [3.05, 3.63) is 0 Å². The average molecular weight is 742 g/mol. The molecule has 0 aliphatic heterocycles. The Kier molecular flexibility index (Phi) is 29.1. The Labute approximate surface area is 310 Å². The van der Waals surface area contributed by atoms with Gasteiger partial charge in [-0.3, -0.25) is 28.8 Å². The van der Waals surface area contributed by atoms with Crippen molar-refractivity contribution in [1.29, 1.82) is 0 Å². The molecule has 0 aliphatic carbocycles. The Hall–Kier alpha value is -3.38. The molecule has 6 amide bonds. The topological polar surface area (TPSA) is 319 Å². The summed E-state index contributed by atoms with van der Waals surface area (Å²) >= 11 is 0. The van der Waals surface area contributed by atoms with Crippen LogP contribution < -0.4 is 61.0 Å². The normalized spacial score (nSPS) is 14.0. The largest absolute Gasteiger partial charge is 0.368 e. The SMILES string of the molecule is CCCCCCCCCC(=O)NC(CCCN)C(=O)NC(CCCN)C(=O)NC(CCCN)C(=O)NC(CCCN)C(=O)NC(CCCN)C(N)=O. The molecule has 0 aromatic rings. The fraction of sp³-hybridized carbons (Fsp3) is 0.829. The fourth-order valence-corrected chi connectivity index (χ4v) is 5.57. The van der Waals surface area contributed by atoms with Gasteiger partial charge in [-0.1, -0.05) is 45.4 Å². The standard InChI is InChI=1S/C35H71N11O6/c1-2-3-4-5-6-7-8-19-30(47)42-26(15-10-21-37)32(49)44-28(17-12-23-39)34(51)46-29(18-13-24-40)35(52)45-27(16-11-22-38)33(50)43-25(31(41)48)14-9-20-36/h25-29H,2-24,36-40H2,1H3,(H2,41,48)(H,42,47)(H,43,50)(H,44,49)(H,45,52)(H,46,51). The van der Waals surface area contributed by atoms with Gasteiger partial charge < -0.3 is 61.0 Å². The molecule has 0 saturated carbocycles. The van der Waals surface area contributed by atoms with E-state index in [9.17, 15) is 28.8 Å². The molecule has 0 saturated heterocycles. The van der Waals surface area contributed by atoms with Crippen molar-refractivity contribution in [2.45, 2.75) is 153 Å². The summed E-state index contributed by atoms with van der Waals surface area (Å²) in [6, 6.07) is -5.14. The van der Waals surface area contributed by atoms with E-state index in [0.717, 1.165) is 19.3 Å². The van der Waals surface area contributed by atoms with Crippen LogP contribution in [0.5, 0.6) is 0 Å². The number of primary amides is 1. The number of nitrogens with two attached hydrogens (primary N) is 6. The summed E-state index contributed by atoms with van der Waals surface area (Å²) in [7, 11) is 0. The lowest BCUT2D eigenvalue weighted by atomic mass is 10.0. The zero-order valence-electron chi connectivity index (χ0n) is 31.6. The van der Waals surface area contributed by atoms with E-state index in [4.69, 9.17) is 34.4 Å². The maximum Gasteiger partial charge on any atom is 0.243 e. The van der Waals surface area contributed by atoms with Crippen LogP contribution in [0.2, 0.25) is 0 Å². The summed E-state index contributed by atoms with van der Waals surface area (Å²) in [5.41, 5.74) is 33.8. The Balaban J connectivity index is 5.79. The van der Waals surface area contributed by atoms with Crippen LogP contribution in [-0.4, -0.2) is 98.4 Å². The van der Waals surface area contributed by atoms with Crippen molar-refractivity contribution < 1.29 is 28.8 Å². The smallest absolute Gasteiger partial charge is 0.243 e. The van der Waals surface area contributed by atoms with Gasteiger partial charge in [0.1, 0.15) is 30.2 Å². The summed E-state index contributed by atoms with van der Waals surface area (Å²) in [5.74, 6) is -3.44. The minimum absolute atomic E-state index is 0.144. The third-order valence-electron chi connectivity index (χ3n) is 8.70. The fourth-order valence-electron chi connectivity index (χ4n) is 5.57. The second kappa shape index (κ2) is 31.2. The average Bonchev–Trinajstić information content (AvgIpc) is 3.12. The van der Waals surface area contributed by atoms with Crippen LogP contribution in [-0.2, 0) is 28.8 Å². The zero-order valence-corrected chi connectivity index (χ0v) is 31.6. The van der Waals surface area contributed by atoms with Gasteiger partial charge in [0.25, 0.3) is 0 Å². The summed E-state index contributed by atoms with van der Waals surface area (Å²) in [6.07, 6.45) is 10.7. The molecule has 0 aromatic carbocycles. The summed E-state index contributed by atoms with van der Waals surface area (Å²) in [4.78, 5) is 78.6. The highest BCUT2D eigenvalue weighted by Crippen LogP contribution is 2.10. The number of rotatable bonds is 33. The van der Waals surface area contributed by atoms with E-state index >= 15 is 0 Å². The van der Waals surface area contributed by atoms with E-state index < -0.39 is 59.7 Å². The molecule has 0 bridgehead atoms. The first-order valence-corrected chi connectivity index (χ1v) is 19.3. The maximum atomic E-state index is 13.7. The Bertz CT molecular complexity index is 1040. The molecule has 5 atom stereocenters. The van der Waals surface area contributed by atoms with Gasteiger partial charge in [-0.2, -0.15) is 0 Å². The van der Waals surface area contributed by atoms with Crippen LogP contribution >= 0.6 is 0 Å². The molecule has 0 spiro atoms. The first-order chi connectivity index (χ1) is 25.0. The van der Waals surface area contributed by atoms with E-state index in [1.165, 1.54) is 19.3 Å². The molecule has 0 heterocycles. The summed E-state index contributed by atoms with van der Waals surface area (Å²) < 4.78 is 0. The number of amides is 6. The number of carbonyl (C=O) groups excluding carboxylic acids is 6. The van der Waals surface area contributed by atoms with Crippen molar-refractivity contribution in [2.24, 2.45) is 34.4 Å². The molecule has 0 fully saturated rings. The first-order valence-electron chi connectivity index (χ1n) is 19.3. The van der Waals surface area contributed by atoms with Crippen molar-refractivity contribution in [3.8, 4) is 0 Å². The van der Waals surface area contributed by atoms with Crippen LogP contribution in [0.3, 0.4) is 0 Å². The van der Waals surface area contributed by atoms with Gasteiger partial charge in [0.05, 0.1) is 0 Å². The quantitative estimate of drug-likeness (QED) is 0.0352. The van der Waals surface area contributed by atoms with Gasteiger partial charge in [0.2, 0.25) is 35.4 Å². The van der Waals surface area contributed by atoms with E-state index in [1.54, 1.807) is 0 Å². The molecule has 52 heavy (non-hydrogen) atoms. The van der Waals surface area contributed by atoms with Crippen LogP contribution in [0.1, 0.15) is 122 Å². The molecular formula is C35H71N11O6. The van der Waals surface area contributed by atoms with Crippen LogP contribution in [0.25, 0.3) is 0 Å². The van der Waals surface area contributed by atoms with Gasteiger partial charge >= 0.3 is 0 Å². The molecule has 0 radical (unpaired) electrons. The number of carbonyl (C=O) groups is 6. The predicted octanol–water partition coefficient (Wildman–Crippen LogP) is -1.27. The molecule has 0 aromatic heterocycles. The van der Waals surface area contributed by atoms with E-state index in [-0.39, 0.29) is 64.1 Å². The van der Waals surface area contributed by atoms with E-state index in [1.807, 2.05) is 0 Å². The molecule has 0 aliphatic rings. The van der Waals surface area contributed by atoms with Gasteiger partial charge in [0, 0.05) is 6.42 Å². The van der Waals surface area contributed by atoms with Crippen LogP contribution in [0.4, 0.5) is 0 Å². The number of unbranched alkanes of at least 4 members (excludes halogenated alkanes) is 6. The van der Waals surface area contributed by atoms with Crippen molar-refractivity contribution in [3.63, 3.8) is 0 Å². The second-order valence-corrected chi connectivity index (χ2v) is 13.3. The van der Waals surface area contributed by atoms with E-state index in [2.05, 4.69) is 33.5 Å². The van der Waals surface area contributed by atoms with Crippen LogP contribution in [0, 0.1) is 0 Å². The lowest BCUT2D eigenvalue weighted by Gasteiger charge is -2.27. The minimum Gasteiger partial charge on any atom is -0.368 e. The molecule has 5 unspecified atom stereocenters. The van der Waals surface area contributed by atoms with Crippen molar-refractivity contribution >= 4 is 35.4 Å². The highest BCUT2D eigenvalue weighted by molar-refractivity contribution is 5.96. The first kappa shape index (κ1) is 48.6. The molecule has 302 valence electrons. The van der Waals surface area contributed by atoms with Crippen molar-refractivity contribution in [1.82, 2.24) is 26.6 Å². The third-order valence-corrected chi connectivity index (χ3v) is 8.70. The Morgan fingerprint density at radius 2 is 0.692 bits per heavy atom. The van der Waals surface area contributed by atoms with E-state index in [0.29, 0.717) is 51.6 Å². The summed E-state index contributed by atoms with van der Waals surface area (Å²) in [6.45, 7) is 3.49. The molecular weight excluding hydrogens is 670 g/mol. The van der Waals surface area contributed by atoms with Gasteiger partial charge in [0.15, 0.2) is 0 Å². The lowest BCUT2D eigenvalue weighted by Crippen LogP contribution is -2.59. The highest BCUT2D eigenvalue weighted by atomic mass is 16.2. The van der Waals surface area contributed by atoms with Crippen molar-refractivity contribution in [2.75, 3.05) is 32.7 Å². The molecule has 0 rings (SSSR count). The maximum absolute atomic E-state index is 13.7. The zero-order chi connectivity index (χ0) is 39.1. The molecule has 17 nitrogen and oxygen atoms in total. The van der Waals surface area contributed by atoms with Gasteiger partial charge in [-0.15, -0.1) is 0 Å². The highest BCUT2D eigenvalue weighted by Gasteiger charge is 2.31. The number of hydrogen-bond donors (Lipinski definition) is 11. The predicted molar refractivity (Wildman–Crippen MR) is 203 cm³/mol. The third kappa shape index (κ3) is 22.5. The van der Waals surface area contributed by atoms with Crippen LogP contribution in [0.15, 0.2) is 0 Å². The Morgan fingerprint density at radius 3 is 1.02 bits per heavy atom. The Morgan fingerprint density at radius 1 is 0.404 bits per heavy atom. The number of nitrogens with one attached hydrogen (secondary N) is 5. The monoisotopic (exact) mass is 742 g/mol. The van der Waals surface area contributed by atoms with Gasteiger partial charge in [-0.05, 0) is 103 Å². The second-order valence-electron chi connectivity index (χ2n) is 13.3. The minimum atomic E-state index is -1.11.